The number of carbonyl (C=O) groups is 1. The van der Waals surface area contributed by atoms with Crippen molar-refractivity contribution in [1.82, 2.24) is 9.97 Å². The second-order valence-corrected chi connectivity index (χ2v) is 7.72. The largest absolute Gasteiger partial charge is 0.464 e. The van der Waals surface area contributed by atoms with Crippen LogP contribution < -0.4 is 10.6 Å². The van der Waals surface area contributed by atoms with E-state index in [1.54, 1.807) is 0 Å². The highest BCUT2D eigenvalue weighted by molar-refractivity contribution is 5.76. The molecule has 1 amide bonds. The smallest absolute Gasteiger partial charge is 0.221 e. The SMILES string of the molecule is Cc1ccc(C2CCCN2c2ncnc(CCc3ccc(CC(N)=O)cc3)c2F)o1. The van der Waals surface area contributed by atoms with E-state index in [0.29, 0.717) is 24.4 Å². The summed E-state index contributed by atoms with van der Waals surface area (Å²) in [7, 11) is 0. The number of carbonyl (C=O) groups excluding carboxylic acids is 1. The van der Waals surface area contributed by atoms with Crippen LogP contribution in [0.1, 0.15) is 47.2 Å². The van der Waals surface area contributed by atoms with Crippen LogP contribution in [0.4, 0.5) is 10.2 Å². The van der Waals surface area contributed by atoms with Crippen LogP contribution in [-0.2, 0) is 24.1 Å². The number of halogens is 1. The number of furan rings is 1. The van der Waals surface area contributed by atoms with Crippen LogP contribution in [0.5, 0.6) is 0 Å². The molecule has 1 fully saturated rings. The van der Waals surface area contributed by atoms with Gasteiger partial charge in [-0.3, -0.25) is 4.79 Å². The fourth-order valence-electron chi connectivity index (χ4n) is 4.01. The minimum Gasteiger partial charge on any atom is -0.464 e. The summed E-state index contributed by atoms with van der Waals surface area (Å²) in [5, 5.41) is 0. The van der Waals surface area contributed by atoms with Crippen molar-refractivity contribution in [3.05, 3.63) is 76.9 Å². The maximum Gasteiger partial charge on any atom is 0.221 e. The van der Waals surface area contributed by atoms with Crippen molar-refractivity contribution in [1.29, 1.82) is 0 Å². The number of aromatic nitrogens is 2. The fourth-order valence-corrected chi connectivity index (χ4v) is 4.01. The second kappa shape index (κ2) is 8.65. The van der Waals surface area contributed by atoms with Gasteiger partial charge >= 0.3 is 0 Å². The van der Waals surface area contributed by atoms with Crippen LogP contribution >= 0.6 is 0 Å². The standard InChI is InChI=1S/C23H25FN4O2/c1-15-4-11-20(30-15)19-3-2-12-28(19)23-22(24)18(26-14-27-23)10-9-16-5-7-17(8-6-16)13-21(25)29/h4-8,11,14,19H,2-3,9-10,12-13H2,1H3,(H2,25,29). The van der Waals surface area contributed by atoms with E-state index >= 15 is 4.39 Å². The van der Waals surface area contributed by atoms with Crippen molar-refractivity contribution in [3.63, 3.8) is 0 Å². The molecule has 1 atom stereocenters. The monoisotopic (exact) mass is 408 g/mol. The average molecular weight is 408 g/mol. The van der Waals surface area contributed by atoms with E-state index in [0.717, 1.165) is 42.0 Å². The Morgan fingerprint density at radius 3 is 2.63 bits per heavy atom. The molecular formula is C23H25FN4O2. The summed E-state index contributed by atoms with van der Waals surface area (Å²) >= 11 is 0. The summed E-state index contributed by atoms with van der Waals surface area (Å²) in [5.74, 6) is 1.32. The molecule has 2 N–H and O–H groups in total. The van der Waals surface area contributed by atoms with Gasteiger partial charge in [-0.15, -0.1) is 0 Å². The van der Waals surface area contributed by atoms with Crippen LogP contribution in [-0.4, -0.2) is 22.4 Å². The molecule has 1 saturated heterocycles. The van der Waals surface area contributed by atoms with Crippen molar-refractivity contribution >= 4 is 11.7 Å². The van der Waals surface area contributed by atoms with E-state index in [9.17, 15) is 4.79 Å². The lowest BCUT2D eigenvalue weighted by Gasteiger charge is -2.25. The minimum absolute atomic E-state index is 0.00579. The van der Waals surface area contributed by atoms with Gasteiger partial charge in [-0.2, -0.15) is 0 Å². The van der Waals surface area contributed by atoms with Crippen LogP contribution in [0.25, 0.3) is 0 Å². The van der Waals surface area contributed by atoms with Crippen molar-refractivity contribution in [3.8, 4) is 0 Å². The molecule has 0 aliphatic carbocycles. The minimum atomic E-state index is -0.363. The summed E-state index contributed by atoms with van der Waals surface area (Å²) in [5.41, 5.74) is 7.55. The molecule has 1 aliphatic heterocycles. The third-order valence-electron chi connectivity index (χ3n) is 5.51. The van der Waals surface area contributed by atoms with Gasteiger partial charge < -0.3 is 15.1 Å². The average Bonchev–Trinajstić information content (AvgIpc) is 3.37. The Balaban J connectivity index is 1.48. The molecule has 30 heavy (non-hydrogen) atoms. The van der Waals surface area contributed by atoms with Gasteiger partial charge in [0.15, 0.2) is 11.6 Å². The molecule has 156 valence electrons. The number of benzene rings is 1. The normalized spacial score (nSPS) is 16.2. The lowest BCUT2D eigenvalue weighted by molar-refractivity contribution is -0.117. The number of primary amides is 1. The molecular weight excluding hydrogens is 383 g/mol. The Kier molecular flexibility index (Phi) is 5.79. The number of hydrogen-bond donors (Lipinski definition) is 1. The molecule has 3 heterocycles. The maximum atomic E-state index is 15.3. The predicted molar refractivity (Wildman–Crippen MR) is 112 cm³/mol. The zero-order valence-electron chi connectivity index (χ0n) is 17.0. The summed E-state index contributed by atoms with van der Waals surface area (Å²) in [6.07, 6.45) is 4.63. The maximum absolute atomic E-state index is 15.3. The van der Waals surface area contributed by atoms with Gasteiger partial charge in [0.25, 0.3) is 0 Å². The zero-order chi connectivity index (χ0) is 21.1. The van der Waals surface area contributed by atoms with Crippen LogP contribution in [0.15, 0.2) is 47.1 Å². The van der Waals surface area contributed by atoms with Crippen molar-refractivity contribution in [2.45, 2.75) is 45.1 Å². The van der Waals surface area contributed by atoms with Crippen LogP contribution in [0.3, 0.4) is 0 Å². The number of aryl methyl sites for hydroxylation is 3. The molecule has 0 bridgehead atoms. The van der Waals surface area contributed by atoms with Gasteiger partial charge in [0, 0.05) is 6.54 Å². The Morgan fingerprint density at radius 2 is 1.93 bits per heavy atom. The first kappa shape index (κ1) is 20.1. The van der Waals surface area contributed by atoms with E-state index in [1.807, 2.05) is 48.2 Å². The molecule has 6 nitrogen and oxygen atoms in total. The Bertz CT molecular complexity index is 1030. The third-order valence-corrected chi connectivity index (χ3v) is 5.51. The molecule has 0 saturated carbocycles. The molecule has 0 radical (unpaired) electrons. The van der Waals surface area contributed by atoms with Crippen LogP contribution in [0, 0.1) is 12.7 Å². The molecule has 3 aromatic rings. The number of anilines is 1. The first-order valence-corrected chi connectivity index (χ1v) is 10.2. The number of hydrogen-bond acceptors (Lipinski definition) is 5. The van der Waals surface area contributed by atoms with E-state index in [4.69, 9.17) is 10.2 Å². The van der Waals surface area contributed by atoms with Gasteiger partial charge in [0.05, 0.1) is 18.2 Å². The fraction of sp³-hybridized carbons (Fsp3) is 0.348. The highest BCUT2D eigenvalue weighted by atomic mass is 19.1. The summed E-state index contributed by atoms with van der Waals surface area (Å²) in [6, 6.07) is 11.5. The quantitative estimate of drug-likeness (QED) is 0.645. The number of amides is 1. The van der Waals surface area contributed by atoms with Crippen molar-refractivity contribution in [2.75, 3.05) is 11.4 Å². The Labute approximate surface area is 174 Å². The Morgan fingerprint density at radius 1 is 1.17 bits per heavy atom. The second-order valence-electron chi connectivity index (χ2n) is 7.72. The number of nitrogens with two attached hydrogens (primary N) is 1. The van der Waals surface area contributed by atoms with Crippen molar-refractivity contribution < 1.29 is 13.6 Å². The first-order chi connectivity index (χ1) is 14.5. The molecule has 1 aliphatic rings. The highest BCUT2D eigenvalue weighted by Gasteiger charge is 2.32. The summed E-state index contributed by atoms with van der Waals surface area (Å²) in [6.45, 7) is 2.64. The van der Waals surface area contributed by atoms with Crippen LogP contribution in [0.2, 0.25) is 0 Å². The molecule has 2 aromatic heterocycles. The molecule has 0 spiro atoms. The van der Waals surface area contributed by atoms with Gasteiger partial charge in [0.1, 0.15) is 17.8 Å². The molecule has 4 rings (SSSR count). The van der Waals surface area contributed by atoms with E-state index in [-0.39, 0.29) is 24.2 Å². The van der Waals surface area contributed by atoms with Gasteiger partial charge in [-0.1, -0.05) is 24.3 Å². The summed E-state index contributed by atoms with van der Waals surface area (Å²) in [4.78, 5) is 21.4. The van der Waals surface area contributed by atoms with Crippen molar-refractivity contribution in [2.24, 2.45) is 5.73 Å². The van der Waals surface area contributed by atoms with E-state index in [2.05, 4.69) is 9.97 Å². The lowest BCUT2D eigenvalue weighted by atomic mass is 10.0. The molecule has 7 heteroatoms. The molecule has 1 unspecified atom stereocenters. The zero-order valence-corrected chi connectivity index (χ0v) is 17.0. The predicted octanol–water partition coefficient (Wildman–Crippen LogP) is 3.67. The third kappa shape index (κ3) is 4.35. The highest BCUT2D eigenvalue weighted by Crippen LogP contribution is 2.37. The van der Waals surface area contributed by atoms with E-state index < -0.39 is 0 Å². The number of rotatable bonds is 7. The first-order valence-electron chi connectivity index (χ1n) is 10.2. The van der Waals surface area contributed by atoms with Gasteiger partial charge in [0.2, 0.25) is 5.91 Å². The summed E-state index contributed by atoms with van der Waals surface area (Å²) < 4.78 is 21.1. The van der Waals surface area contributed by atoms with Gasteiger partial charge in [-0.25, -0.2) is 14.4 Å². The Hall–Kier alpha value is -3.22. The van der Waals surface area contributed by atoms with Gasteiger partial charge in [-0.05, 0) is 55.9 Å². The number of nitrogens with zero attached hydrogens (tertiary/aromatic N) is 3. The van der Waals surface area contributed by atoms with E-state index in [1.165, 1.54) is 6.33 Å². The lowest BCUT2D eigenvalue weighted by Crippen LogP contribution is -2.25. The molecule has 1 aromatic carbocycles. The topological polar surface area (TPSA) is 85.3 Å².